The van der Waals surface area contributed by atoms with Crippen LogP contribution in [0.15, 0.2) is 54.9 Å². The number of fused-ring (bicyclic) bond motifs is 1. The van der Waals surface area contributed by atoms with Gasteiger partial charge in [0.2, 0.25) is 0 Å². The summed E-state index contributed by atoms with van der Waals surface area (Å²) in [6.45, 7) is 0. The molecule has 3 rings (SSSR count). The zero-order valence-corrected chi connectivity index (χ0v) is 10.9. The number of nitrogens with zero attached hydrogens (tertiary/aromatic N) is 3. The van der Waals surface area contributed by atoms with Crippen LogP contribution in [0.2, 0.25) is 0 Å². The lowest BCUT2D eigenvalue weighted by Crippen LogP contribution is -2.13. The average molecular weight is 274 g/mol. The molecule has 1 aromatic heterocycles. The number of nitrogens with one attached hydrogen (secondary N) is 1. The maximum absolute atomic E-state index is 12.4. The molecule has 0 fully saturated rings. The summed E-state index contributed by atoms with van der Waals surface area (Å²) >= 11 is 0. The summed E-state index contributed by atoms with van der Waals surface area (Å²) in [4.78, 5) is 20.8. The molecule has 0 unspecified atom stereocenters. The molecular weight excluding hydrogens is 264 g/mol. The second-order valence-electron chi connectivity index (χ2n) is 4.34. The first kappa shape index (κ1) is 12.8. The Balaban J connectivity index is 2.00. The molecular formula is C16H10N4O. The molecule has 100 valence electrons. The van der Waals surface area contributed by atoms with Gasteiger partial charge in [0, 0.05) is 12.4 Å². The Bertz CT molecular complexity index is 862. The van der Waals surface area contributed by atoms with Gasteiger partial charge in [-0.05, 0) is 24.3 Å². The third kappa shape index (κ3) is 2.42. The highest BCUT2D eigenvalue weighted by atomic mass is 16.1. The number of carbonyl (C=O) groups excluding carboxylic acids is 1. The van der Waals surface area contributed by atoms with Crippen LogP contribution >= 0.6 is 0 Å². The summed E-state index contributed by atoms with van der Waals surface area (Å²) in [6, 6.07) is 14.1. The van der Waals surface area contributed by atoms with Crippen LogP contribution in [0.4, 0.5) is 5.69 Å². The Morgan fingerprint density at radius 2 is 1.86 bits per heavy atom. The van der Waals surface area contributed by atoms with Crippen molar-refractivity contribution in [1.82, 2.24) is 9.97 Å². The van der Waals surface area contributed by atoms with E-state index in [9.17, 15) is 4.79 Å². The van der Waals surface area contributed by atoms with Gasteiger partial charge < -0.3 is 5.32 Å². The highest BCUT2D eigenvalue weighted by molar-refractivity contribution is 6.11. The van der Waals surface area contributed by atoms with Crippen LogP contribution in [0.1, 0.15) is 15.9 Å². The first-order valence-electron chi connectivity index (χ1n) is 6.30. The number of amides is 1. The number of nitriles is 1. The van der Waals surface area contributed by atoms with Crippen molar-refractivity contribution in [2.45, 2.75) is 0 Å². The fraction of sp³-hybridized carbons (Fsp3) is 0. The summed E-state index contributed by atoms with van der Waals surface area (Å²) in [5, 5.41) is 11.8. The number of hydrogen-bond donors (Lipinski definition) is 1. The molecule has 0 spiro atoms. The second-order valence-corrected chi connectivity index (χ2v) is 4.34. The topological polar surface area (TPSA) is 78.7 Å². The number of para-hydroxylation sites is 2. The van der Waals surface area contributed by atoms with Gasteiger partial charge in [0.15, 0.2) is 0 Å². The van der Waals surface area contributed by atoms with Crippen molar-refractivity contribution in [3.63, 3.8) is 0 Å². The van der Waals surface area contributed by atoms with Crippen molar-refractivity contribution < 1.29 is 4.79 Å². The van der Waals surface area contributed by atoms with Gasteiger partial charge >= 0.3 is 0 Å². The molecule has 0 aliphatic rings. The predicted molar refractivity (Wildman–Crippen MR) is 78.6 cm³/mol. The number of benzene rings is 2. The standard InChI is InChI=1S/C16H10N4O/c17-10-11-4-1-2-6-13(11)20-16(21)12-5-3-7-14-15(12)19-9-8-18-14/h1-9H,(H,20,21). The first-order chi connectivity index (χ1) is 10.3. The van der Waals surface area contributed by atoms with Crippen LogP contribution in [0.5, 0.6) is 0 Å². The molecule has 0 saturated heterocycles. The molecule has 0 aliphatic carbocycles. The number of rotatable bonds is 2. The molecule has 5 nitrogen and oxygen atoms in total. The third-order valence-electron chi connectivity index (χ3n) is 3.04. The Labute approximate surface area is 120 Å². The quantitative estimate of drug-likeness (QED) is 0.779. The summed E-state index contributed by atoms with van der Waals surface area (Å²) in [5.74, 6) is -0.316. The van der Waals surface area contributed by atoms with Gasteiger partial charge in [-0.3, -0.25) is 14.8 Å². The van der Waals surface area contributed by atoms with Crippen LogP contribution in [0.3, 0.4) is 0 Å². The van der Waals surface area contributed by atoms with Crippen LogP contribution in [-0.4, -0.2) is 15.9 Å². The van der Waals surface area contributed by atoms with Gasteiger partial charge in [0.25, 0.3) is 5.91 Å². The fourth-order valence-corrected chi connectivity index (χ4v) is 2.06. The lowest BCUT2D eigenvalue weighted by molar-refractivity contribution is 0.102. The average Bonchev–Trinajstić information content (AvgIpc) is 2.54. The number of carbonyl (C=O) groups is 1. The van der Waals surface area contributed by atoms with Gasteiger partial charge in [-0.25, -0.2) is 0 Å². The minimum absolute atomic E-state index is 0.316. The van der Waals surface area contributed by atoms with E-state index in [0.29, 0.717) is 27.8 Å². The Kier molecular flexibility index (Phi) is 3.27. The van der Waals surface area contributed by atoms with Gasteiger partial charge in [0.1, 0.15) is 11.6 Å². The second kappa shape index (κ2) is 5.39. The van der Waals surface area contributed by atoms with E-state index in [-0.39, 0.29) is 5.91 Å². The van der Waals surface area contributed by atoms with E-state index < -0.39 is 0 Å². The van der Waals surface area contributed by atoms with Gasteiger partial charge in [0.05, 0.1) is 22.3 Å². The molecule has 0 radical (unpaired) electrons. The molecule has 5 heteroatoms. The molecule has 21 heavy (non-hydrogen) atoms. The van der Waals surface area contributed by atoms with E-state index in [2.05, 4.69) is 15.3 Å². The van der Waals surface area contributed by atoms with E-state index in [1.54, 1.807) is 54.9 Å². The van der Waals surface area contributed by atoms with Crippen LogP contribution in [0, 0.1) is 11.3 Å². The minimum Gasteiger partial charge on any atom is -0.321 e. The monoisotopic (exact) mass is 274 g/mol. The Morgan fingerprint density at radius 3 is 2.71 bits per heavy atom. The van der Waals surface area contributed by atoms with Crippen molar-refractivity contribution in [1.29, 1.82) is 5.26 Å². The molecule has 0 aliphatic heterocycles. The van der Waals surface area contributed by atoms with Crippen LogP contribution < -0.4 is 5.32 Å². The number of hydrogen-bond acceptors (Lipinski definition) is 4. The normalized spacial score (nSPS) is 10.0. The van der Waals surface area contributed by atoms with Crippen LogP contribution in [0.25, 0.3) is 11.0 Å². The summed E-state index contributed by atoms with van der Waals surface area (Å²) in [6.07, 6.45) is 3.12. The Hall–Kier alpha value is -3.26. The van der Waals surface area contributed by atoms with Crippen molar-refractivity contribution in [2.24, 2.45) is 0 Å². The summed E-state index contributed by atoms with van der Waals surface area (Å²) in [5.41, 5.74) is 2.50. The smallest absolute Gasteiger partial charge is 0.257 e. The van der Waals surface area contributed by atoms with E-state index in [1.807, 2.05) is 6.07 Å². The first-order valence-corrected chi connectivity index (χ1v) is 6.30. The maximum atomic E-state index is 12.4. The molecule has 1 amide bonds. The van der Waals surface area contributed by atoms with E-state index in [0.717, 1.165) is 0 Å². The van der Waals surface area contributed by atoms with E-state index in [4.69, 9.17) is 5.26 Å². The molecule has 1 heterocycles. The molecule has 3 aromatic rings. The molecule has 0 bridgehead atoms. The Morgan fingerprint density at radius 1 is 1.05 bits per heavy atom. The van der Waals surface area contributed by atoms with Gasteiger partial charge in [-0.2, -0.15) is 5.26 Å². The molecule has 0 saturated carbocycles. The highest BCUT2D eigenvalue weighted by Crippen LogP contribution is 2.18. The van der Waals surface area contributed by atoms with Gasteiger partial charge in [-0.1, -0.05) is 18.2 Å². The van der Waals surface area contributed by atoms with Crippen LogP contribution in [-0.2, 0) is 0 Å². The highest BCUT2D eigenvalue weighted by Gasteiger charge is 2.13. The van der Waals surface area contributed by atoms with Crippen molar-refractivity contribution in [2.75, 3.05) is 5.32 Å². The van der Waals surface area contributed by atoms with Crippen molar-refractivity contribution in [3.8, 4) is 6.07 Å². The van der Waals surface area contributed by atoms with E-state index >= 15 is 0 Å². The molecule has 2 aromatic carbocycles. The lowest BCUT2D eigenvalue weighted by Gasteiger charge is -2.08. The van der Waals surface area contributed by atoms with E-state index in [1.165, 1.54) is 0 Å². The summed E-state index contributed by atoms with van der Waals surface area (Å²) < 4.78 is 0. The van der Waals surface area contributed by atoms with Crippen molar-refractivity contribution in [3.05, 3.63) is 66.0 Å². The largest absolute Gasteiger partial charge is 0.321 e. The molecule has 0 atom stereocenters. The van der Waals surface area contributed by atoms with Gasteiger partial charge in [-0.15, -0.1) is 0 Å². The maximum Gasteiger partial charge on any atom is 0.257 e. The van der Waals surface area contributed by atoms with Crippen molar-refractivity contribution >= 4 is 22.6 Å². The predicted octanol–water partition coefficient (Wildman–Crippen LogP) is 2.75. The third-order valence-corrected chi connectivity index (χ3v) is 3.04. The summed E-state index contributed by atoms with van der Waals surface area (Å²) in [7, 11) is 0. The minimum atomic E-state index is -0.316. The molecule has 1 N–H and O–H groups in total. The number of aromatic nitrogens is 2. The lowest BCUT2D eigenvalue weighted by atomic mass is 10.1. The zero-order chi connectivity index (χ0) is 14.7. The SMILES string of the molecule is N#Cc1ccccc1NC(=O)c1cccc2nccnc12. The zero-order valence-electron chi connectivity index (χ0n) is 10.9. The number of anilines is 1. The fourth-order valence-electron chi connectivity index (χ4n) is 2.06.